The number of fused-ring (bicyclic) bond motifs is 1. The summed E-state index contributed by atoms with van der Waals surface area (Å²) in [6.07, 6.45) is 3.47. The standard InChI is InChI=1S/C23H20ClN3O2/c1-15(2)27-14-25-22-20(23(27)29)11-12-26(22)13-16-3-5-17(6-4-16)21(28)18-7-9-19(24)10-8-18/h3-12,14-15H,13H2,1-2H3. The number of hydrogen-bond acceptors (Lipinski definition) is 3. The maximum absolute atomic E-state index is 12.6. The highest BCUT2D eigenvalue weighted by atomic mass is 35.5. The van der Waals surface area contributed by atoms with Crippen molar-refractivity contribution in [1.82, 2.24) is 14.1 Å². The van der Waals surface area contributed by atoms with E-state index < -0.39 is 0 Å². The maximum atomic E-state index is 12.6. The number of aromatic nitrogens is 3. The molecule has 5 nitrogen and oxygen atoms in total. The Bertz CT molecular complexity index is 1240. The van der Waals surface area contributed by atoms with Gasteiger partial charge in [-0.25, -0.2) is 4.98 Å². The molecule has 0 amide bonds. The third kappa shape index (κ3) is 3.74. The van der Waals surface area contributed by atoms with Crippen molar-refractivity contribution in [2.75, 3.05) is 0 Å². The Morgan fingerprint density at radius 2 is 1.62 bits per heavy atom. The lowest BCUT2D eigenvalue weighted by molar-refractivity contribution is 0.103. The zero-order valence-corrected chi connectivity index (χ0v) is 16.9. The molecule has 146 valence electrons. The van der Waals surface area contributed by atoms with Crippen molar-refractivity contribution < 1.29 is 4.79 Å². The number of nitrogens with zero attached hydrogens (tertiary/aromatic N) is 3. The van der Waals surface area contributed by atoms with E-state index in [2.05, 4.69) is 4.98 Å². The molecule has 29 heavy (non-hydrogen) atoms. The minimum atomic E-state index is -0.0458. The molecule has 0 saturated carbocycles. The molecule has 0 bridgehead atoms. The van der Waals surface area contributed by atoms with Crippen LogP contribution in [-0.4, -0.2) is 19.9 Å². The van der Waals surface area contributed by atoms with Crippen LogP contribution in [0.4, 0.5) is 0 Å². The van der Waals surface area contributed by atoms with Gasteiger partial charge in [0.2, 0.25) is 0 Å². The van der Waals surface area contributed by atoms with Crippen molar-refractivity contribution in [2.24, 2.45) is 0 Å². The highest BCUT2D eigenvalue weighted by Crippen LogP contribution is 2.17. The van der Waals surface area contributed by atoms with E-state index in [1.165, 1.54) is 0 Å². The summed E-state index contributed by atoms with van der Waals surface area (Å²) < 4.78 is 3.57. The second-order valence-corrected chi connectivity index (χ2v) is 7.70. The molecule has 0 N–H and O–H groups in total. The summed E-state index contributed by atoms with van der Waals surface area (Å²) in [4.78, 5) is 29.6. The van der Waals surface area contributed by atoms with Gasteiger partial charge in [-0.3, -0.25) is 14.2 Å². The number of carbonyl (C=O) groups is 1. The van der Waals surface area contributed by atoms with Crippen molar-refractivity contribution in [3.8, 4) is 0 Å². The lowest BCUT2D eigenvalue weighted by atomic mass is 10.0. The van der Waals surface area contributed by atoms with E-state index in [1.807, 2.05) is 54.9 Å². The lowest BCUT2D eigenvalue weighted by Crippen LogP contribution is -2.22. The smallest absolute Gasteiger partial charge is 0.263 e. The Labute approximate surface area is 173 Å². The molecule has 0 atom stereocenters. The van der Waals surface area contributed by atoms with Crippen molar-refractivity contribution in [2.45, 2.75) is 26.4 Å². The van der Waals surface area contributed by atoms with Gasteiger partial charge in [-0.1, -0.05) is 35.9 Å². The summed E-state index contributed by atoms with van der Waals surface area (Å²) in [5.74, 6) is -0.0458. The van der Waals surface area contributed by atoms with Crippen LogP contribution in [0.15, 0.2) is 71.9 Å². The van der Waals surface area contributed by atoms with Crippen LogP contribution in [0.2, 0.25) is 5.02 Å². The van der Waals surface area contributed by atoms with Crippen LogP contribution in [0.25, 0.3) is 11.0 Å². The number of benzene rings is 2. The average molecular weight is 406 g/mol. The van der Waals surface area contributed by atoms with E-state index in [1.54, 1.807) is 35.2 Å². The molecule has 4 aromatic rings. The molecule has 0 aliphatic heterocycles. The summed E-state index contributed by atoms with van der Waals surface area (Å²) in [7, 11) is 0. The zero-order valence-electron chi connectivity index (χ0n) is 16.2. The van der Waals surface area contributed by atoms with Gasteiger partial charge in [-0.05, 0) is 49.7 Å². The van der Waals surface area contributed by atoms with E-state index in [0.717, 1.165) is 5.56 Å². The van der Waals surface area contributed by atoms with Gasteiger partial charge < -0.3 is 4.57 Å². The fourth-order valence-electron chi connectivity index (χ4n) is 3.30. The molecule has 0 aliphatic carbocycles. The summed E-state index contributed by atoms with van der Waals surface area (Å²) >= 11 is 5.89. The van der Waals surface area contributed by atoms with Gasteiger partial charge in [-0.2, -0.15) is 0 Å². The van der Waals surface area contributed by atoms with Gasteiger partial charge in [0, 0.05) is 34.9 Å². The maximum Gasteiger partial charge on any atom is 0.263 e. The van der Waals surface area contributed by atoms with Gasteiger partial charge >= 0.3 is 0 Å². The SMILES string of the molecule is CC(C)n1cnc2c(ccn2Cc2ccc(C(=O)c3ccc(Cl)cc3)cc2)c1=O. The first kappa shape index (κ1) is 19.2. The van der Waals surface area contributed by atoms with E-state index in [4.69, 9.17) is 11.6 Å². The predicted octanol–water partition coefficient (Wildman–Crippen LogP) is 4.71. The Balaban J connectivity index is 1.58. The topological polar surface area (TPSA) is 56.9 Å². The monoisotopic (exact) mass is 405 g/mol. The molecule has 2 heterocycles. The van der Waals surface area contributed by atoms with Gasteiger partial charge in [-0.15, -0.1) is 0 Å². The average Bonchev–Trinajstić information content (AvgIpc) is 3.12. The second-order valence-electron chi connectivity index (χ2n) is 7.26. The Morgan fingerprint density at radius 3 is 2.24 bits per heavy atom. The second kappa shape index (κ2) is 7.68. The molecular weight excluding hydrogens is 386 g/mol. The van der Waals surface area contributed by atoms with Crippen molar-refractivity contribution in [3.63, 3.8) is 0 Å². The first-order chi connectivity index (χ1) is 13.9. The summed E-state index contributed by atoms with van der Waals surface area (Å²) in [6, 6.07) is 16.2. The quantitative estimate of drug-likeness (QED) is 0.452. The Hall–Kier alpha value is -3.18. The number of carbonyl (C=O) groups excluding carboxylic acids is 1. The molecular formula is C23H20ClN3O2. The number of hydrogen-bond donors (Lipinski definition) is 0. The van der Waals surface area contributed by atoms with Crippen molar-refractivity contribution in [1.29, 1.82) is 0 Å². The molecule has 0 saturated heterocycles. The van der Waals surface area contributed by atoms with E-state index in [0.29, 0.717) is 33.7 Å². The van der Waals surface area contributed by atoms with Crippen LogP contribution in [-0.2, 0) is 6.54 Å². The van der Waals surface area contributed by atoms with Crippen molar-refractivity contribution >= 4 is 28.4 Å². The largest absolute Gasteiger partial charge is 0.328 e. The fourth-order valence-corrected chi connectivity index (χ4v) is 3.43. The number of halogens is 1. The van der Waals surface area contributed by atoms with Crippen LogP contribution >= 0.6 is 11.6 Å². The van der Waals surface area contributed by atoms with Gasteiger partial charge in [0.25, 0.3) is 5.56 Å². The molecule has 4 rings (SSSR count). The van der Waals surface area contributed by atoms with E-state index >= 15 is 0 Å². The lowest BCUT2D eigenvalue weighted by Gasteiger charge is -2.10. The van der Waals surface area contributed by atoms with Gasteiger partial charge in [0.15, 0.2) is 5.78 Å². The molecule has 0 radical (unpaired) electrons. The van der Waals surface area contributed by atoms with Gasteiger partial charge in [0.1, 0.15) is 12.0 Å². The molecule has 6 heteroatoms. The van der Waals surface area contributed by atoms with Crippen LogP contribution in [0.3, 0.4) is 0 Å². The molecule has 0 fully saturated rings. The minimum Gasteiger partial charge on any atom is -0.328 e. The Morgan fingerprint density at radius 1 is 1.00 bits per heavy atom. The molecule has 2 aromatic carbocycles. The fraction of sp³-hybridized carbons (Fsp3) is 0.174. The van der Waals surface area contributed by atoms with Crippen LogP contribution < -0.4 is 5.56 Å². The van der Waals surface area contributed by atoms with Crippen LogP contribution in [0.1, 0.15) is 41.4 Å². The van der Waals surface area contributed by atoms with E-state index in [9.17, 15) is 9.59 Å². The normalized spacial score (nSPS) is 11.3. The molecule has 0 spiro atoms. The van der Waals surface area contributed by atoms with Gasteiger partial charge in [0.05, 0.1) is 5.39 Å². The minimum absolute atomic E-state index is 0.0346. The molecule has 0 aliphatic rings. The van der Waals surface area contributed by atoms with Crippen molar-refractivity contribution in [3.05, 3.63) is 99.2 Å². The highest BCUT2D eigenvalue weighted by molar-refractivity contribution is 6.30. The number of ketones is 1. The van der Waals surface area contributed by atoms with E-state index in [-0.39, 0.29) is 17.4 Å². The summed E-state index contributed by atoms with van der Waals surface area (Å²) in [5.41, 5.74) is 2.86. The molecule has 0 unspecified atom stereocenters. The zero-order chi connectivity index (χ0) is 20.5. The summed E-state index contributed by atoms with van der Waals surface area (Å²) in [6.45, 7) is 4.48. The first-order valence-electron chi connectivity index (χ1n) is 9.39. The third-order valence-corrected chi connectivity index (χ3v) is 5.19. The third-order valence-electron chi connectivity index (χ3n) is 4.94. The Kier molecular flexibility index (Phi) is 5.07. The first-order valence-corrected chi connectivity index (χ1v) is 9.77. The summed E-state index contributed by atoms with van der Waals surface area (Å²) in [5, 5.41) is 1.21. The van der Waals surface area contributed by atoms with Crippen LogP contribution in [0.5, 0.6) is 0 Å². The predicted molar refractivity (Wildman–Crippen MR) is 115 cm³/mol. The van der Waals surface area contributed by atoms with Crippen LogP contribution in [0, 0.1) is 0 Å². The molecule has 2 aromatic heterocycles. The number of rotatable bonds is 5. The highest BCUT2D eigenvalue weighted by Gasteiger charge is 2.12.